The third kappa shape index (κ3) is 2.71. The third-order valence-corrected chi connectivity index (χ3v) is 4.32. The number of carbonyl (C=O) groups is 1. The molecule has 4 nitrogen and oxygen atoms in total. The molecule has 4 heteroatoms. The lowest BCUT2D eigenvalue weighted by Gasteiger charge is -2.28. The van der Waals surface area contributed by atoms with Crippen LogP contribution in [0.15, 0.2) is 40.9 Å². The number of hydrogen-bond donors (Lipinski definition) is 1. The smallest absolute Gasteiger partial charge is 0.230 e. The molecule has 0 unspecified atom stereocenters. The molecule has 1 amide bonds. The monoisotopic (exact) mass is 284 g/mol. The minimum Gasteiger partial charge on any atom is -0.361 e. The zero-order valence-electron chi connectivity index (χ0n) is 12.3. The van der Waals surface area contributed by atoms with Crippen LogP contribution in [0.1, 0.15) is 42.7 Å². The molecule has 1 aliphatic rings. The van der Waals surface area contributed by atoms with Gasteiger partial charge in [-0.2, -0.15) is 0 Å². The molecule has 0 spiro atoms. The molecule has 1 N–H and O–H groups in total. The molecule has 0 atom stereocenters. The van der Waals surface area contributed by atoms with Gasteiger partial charge < -0.3 is 9.84 Å². The first-order valence-corrected chi connectivity index (χ1v) is 7.47. The molecule has 1 heterocycles. The number of benzene rings is 1. The topological polar surface area (TPSA) is 55.1 Å². The Bertz CT molecular complexity index is 613. The average molecular weight is 284 g/mol. The lowest BCUT2D eigenvalue weighted by atomic mass is 9.78. The first kappa shape index (κ1) is 13.9. The van der Waals surface area contributed by atoms with Crippen LogP contribution < -0.4 is 5.32 Å². The number of nitrogens with one attached hydrogen (secondary N) is 1. The van der Waals surface area contributed by atoms with E-state index in [1.165, 1.54) is 0 Å². The quantitative estimate of drug-likeness (QED) is 0.938. The van der Waals surface area contributed by atoms with Crippen molar-refractivity contribution < 1.29 is 9.32 Å². The lowest BCUT2D eigenvalue weighted by molar-refractivity contribution is -0.126. The van der Waals surface area contributed by atoms with Gasteiger partial charge in [-0.05, 0) is 25.3 Å². The van der Waals surface area contributed by atoms with Gasteiger partial charge in [0.2, 0.25) is 5.91 Å². The molecular weight excluding hydrogens is 264 g/mol. The summed E-state index contributed by atoms with van der Waals surface area (Å²) in [4.78, 5) is 12.8. The number of carbonyl (C=O) groups excluding carboxylic acids is 1. The molecule has 1 saturated carbocycles. The van der Waals surface area contributed by atoms with Crippen molar-refractivity contribution in [3.63, 3.8) is 0 Å². The van der Waals surface area contributed by atoms with Crippen LogP contribution in [-0.2, 0) is 16.8 Å². The highest BCUT2D eigenvalue weighted by Gasteiger charge is 2.42. The fraction of sp³-hybridized carbons (Fsp3) is 0.412. The molecule has 1 aromatic heterocycles. The Hall–Kier alpha value is -2.10. The van der Waals surface area contributed by atoms with Gasteiger partial charge in [0.1, 0.15) is 11.5 Å². The Balaban J connectivity index is 1.76. The second-order valence-corrected chi connectivity index (χ2v) is 5.77. The highest BCUT2D eigenvalue weighted by Crippen LogP contribution is 2.41. The Morgan fingerprint density at radius 3 is 2.62 bits per heavy atom. The molecule has 0 radical (unpaired) electrons. The van der Waals surface area contributed by atoms with Gasteiger partial charge in [-0.3, -0.25) is 4.79 Å². The number of amides is 1. The SMILES string of the molecule is Cc1cc(CNC(=O)C2(c3ccccc3)CCCC2)no1. The van der Waals surface area contributed by atoms with Crippen molar-refractivity contribution in [2.75, 3.05) is 0 Å². The lowest BCUT2D eigenvalue weighted by Crippen LogP contribution is -2.42. The maximum absolute atomic E-state index is 12.8. The predicted octanol–water partition coefficient (Wildman–Crippen LogP) is 3.11. The summed E-state index contributed by atoms with van der Waals surface area (Å²) in [5.41, 5.74) is 1.51. The highest BCUT2D eigenvalue weighted by molar-refractivity contribution is 5.88. The Morgan fingerprint density at radius 1 is 1.29 bits per heavy atom. The van der Waals surface area contributed by atoms with Crippen LogP contribution in [0.25, 0.3) is 0 Å². The fourth-order valence-corrected chi connectivity index (χ4v) is 3.22. The average Bonchev–Trinajstić information content (AvgIpc) is 3.15. The third-order valence-electron chi connectivity index (χ3n) is 4.32. The summed E-state index contributed by atoms with van der Waals surface area (Å²) in [7, 11) is 0. The van der Waals surface area contributed by atoms with Gasteiger partial charge in [-0.1, -0.05) is 48.3 Å². The van der Waals surface area contributed by atoms with Crippen molar-refractivity contribution in [1.82, 2.24) is 10.5 Å². The van der Waals surface area contributed by atoms with Crippen LogP contribution in [0.4, 0.5) is 0 Å². The van der Waals surface area contributed by atoms with E-state index in [-0.39, 0.29) is 11.3 Å². The summed E-state index contributed by atoms with van der Waals surface area (Å²) in [5, 5.41) is 6.95. The number of rotatable bonds is 4. The molecule has 1 aliphatic carbocycles. The highest BCUT2D eigenvalue weighted by atomic mass is 16.5. The van der Waals surface area contributed by atoms with Crippen LogP contribution in [0.5, 0.6) is 0 Å². The summed E-state index contributed by atoms with van der Waals surface area (Å²) >= 11 is 0. The van der Waals surface area contributed by atoms with Gasteiger partial charge in [0.25, 0.3) is 0 Å². The van der Waals surface area contributed by atoms with Gasteiger partial charge in [0.15, 0.2) is 0 Å². The molecule has 0 aliphatic heterocycles. The van der Waals surface area contributed by atoms with E-state index in [9.17, 15) is 4.79 Å². The molecule has 2 aromatic rings. The minimum atomic E-state index is -0.375. The van der Waals surface area contributed by atoms with E-state index in [0.29, 0.717) is 6.54 Å². The molecule has 0 saturated heterocycles. The van der Waals surface area contributed by atoms with Gasteiger partial charge in [-0.25, -0.2) is 0 Å². The minimum absolute atomic E-state index is 0.104. The van der Waals surface area contributed by atoms with Crippen LogP contribution in [-0.4, -0.2) is 11.1 Å². The molecule has 21 heavy (non-hydrogen) atoms. The number of nitrogens with zero attached hydrogens (tertiary/aromatic N) is 1. The predicted molar refractivity (Wildman–Crippen MR) is 79.7 cm³/mol. The van der Waals surface area contributed by atoms with Crippen molar-refractivity contribution in [2.45, 2.75) is 44.6 Å². The van der Waals surface area contributed by atoms with E-state index in [1.54, 1.807) is 0 Å². The summed E-state index contributed by atoms with van der Waals surface area (Å²) in [6.07, 6.45) is 4.04. The van der Waals surface area contributed by atoms with Crippen LogP contribution >= 0.6 is 0 Å². The summed E-state index contributed by atoms with van der Waals surface area (Å²) in [6, 6.07) is 12.0. The number of aryl methyl sites for hydroxylation is 1. The zero-order valence-corrected chi connectivity index (χ0v) is 12.3. The Morgan fingerprint density at radius 2 is 2.00 bits per heavy atom. The summed E-state index contributed by atoms with van der Waals surface area (Å²) in [5.74, 6) is 0.866. The van der Waals surface area contributed by atoms with Gasteiger partial charge in [0, 0.05) is 6.07 Å². The van der Waals surface area contributed by atoms with Crippen molar-refractivity contribution in [2.24, 2.45) is 0 Å². The van der Waals surface area contributed by atoms with Crippen molar-refractivity contribution in [3.8, 4) is 0 Å². The van der Waals surface area contributed by atoms with Gasteiger partial charge in [0.05, 0.1) is 12.0 Å². The van der Waals surface area contributed by atoms with Crippen molar-refractivity contribution >= 4 is 5.91 Å². The van der Waals surface area contributed by atoms with Gasteiger partial charge in [-0.15, -0.1) is 0 Å². The standard InChI is InChI=1S/C17H20N2O2/c1-13-11-15(19-21-13)12-18-16(20)17(9-5-6-10-17)14-7-3-2-4-8-14/h2-4,7-8,11H,5-6,9-10,12H2,1H3,(H,18,20). The van der Waals surface area contributed by atoms with Gasteiger partial charge >= 0.3 is 0 Å². The summed E-state index contributed by atoms with van der Waals surface area (Å²) < 4.78 is 5.03. The van der Waals surface area contributed by atoms with Crippen molar-refractivity contribution in [3.05, 3.63) is 53.4 Å². The van der Waals surface area contributed by atoms with E-state index in [0.717, 1.165) is 42.7 Å². The largest absolute Gasteiger partial charge is 0.361 e. The van der Waals surface area contributed by atoms with E-state index < -0.39 is 0 Å². The maximum atomic E-state index is 12.8. The Labute approximate surface area is 124 Å². The van der Waals surface area contributed by atoms with E-state index in [2.05, 4.69) is 22.6 Å². The molecule has 3 rings (SSSR count). The number of hydrogen-bond acceptors (Lipinski definition) is 3. The zero-order chi connectivity index (χ0) is 14.7. The fourth-order valence-electron chi connectivity index (χ4n) is 3.22. The Kier molecular flexibility index (Phi) is 3.78. The molecule has 0 bridgehead atoms. The second-order valence-electron chi connectivity index (χ2n) is 5.77. The molecular formula is C17H20N2O2. The van der Waals surface area contributed by atoms with E-state index in [4.69, 9.17) is 4.52 Å². The van der Waals surface area contributed by atoms with Crippen molar-refractivity contribution in [1.29, 1.82) is 0 Å². The molecule has 1 fully saturated rings. The van der Waals surface area contributed by atoms with E-state index in [1.807, 2.05) is 31.2 Å². The normalized spacial score (nSPS) is 16.8. The van der Waals surface area contributed by atoms with Crippen LogP contribution in [0, 0.1) is 6.92 Å². The second kappa shape index (κ2) is 5.72. The molecule has 1 aromatic carbocycles. The summed E-state index contributed by atoms with van der Waals surface area (Å²) in [6.45, 7) is 2.27. The maximum Gasteiger partial charge on any atom is 0.230 e. The van der Waals surface area contributed by atoms with Crippen LogP contribution in [0.2, 0.25) is 0 Å². The van der Waals surface area contributed by atoms with E-state index >= 15 is 0 Å². The number of aromatic nitrogens is 1. The molecule has 110 valence electrons. The first-order valence-electron chi connectivity index (χ1n) is 7.47. The van der Waals surface area contributed by atoms with Crippen LogP contribution in [0.3, 0.4) is 0 Å². The first-order chi connectivity index (χ1) is 10.2.